The van der Waals surface area contributed by atoms with E-state index in [-0.39, 0.29) is 16.0 Å². The van der Waals surface area contributed by atoms with Crippen molar-refractivity contribution in [1.29, 1.82) is 0 Å². The molecule has 0 radical (unpaired) electrons. The first-order valence-corrected chi connectivity index (χ1v) is 10.6. The van der Waals surface area contributed by atoms with Gasteiger partial charge in [0.05, 0.1) is 16.0 Å². The molecule has 0 bridgehead atoms. The third-order valence-electron chi connectivity index (χ3n) is 4.66. The van der Waals surface area contributed by atoms with Crippen LogP contribution in [0.5, 0.6) is 0 Å². The van der Waals surface area contributed by atoms with Crippen molar-refractivity contribution in [2.24, 2.45) is 0 Å². The molecule has 1 aliphatic rings. The molecule has 152 valence electrons. The smallest absolute Gasteiger partial charge is 0.262 e. The molecule has 0 unspecified atom stereocenters. The molecule has 29 heavy (non-hydrogen) atoms. The van der Waals surface area contributed by atoms with Crippen LogP contribution >= 0.6 is 0 Å². The van der Waals surface area contributed by atoms with Crippen LogP contribution in [0.15, 0.2) is 53.4 Å². The Bertz CT molecular complexity index is 1020. The van der Waals surface area contributed by atoms with Crippen molar-refractivity contribution in [3.63, 3.8) is 0 Å². The minimum absolute atomic E-state index is 0.125. The molecule has 0 fully saturated rings. The number of rotatable bonds is 7. The van der Waals surface area contributed by atoms with Gasteiger partial charge in [0.25, 0.3) is 11.8 Å². The molecule has 3 rings (SSSR count). The van der Waals surface area contributed by atoms with Crippen molar-refractivity contribution in [1.82, 2.24) is 9.21 Å². The van der Waals surface area contributed by atoms with Gasteiger partial charge >= 0.3 is 0 Å². The summed E-state index contributed by atoms with van der Waals surface area (Å²) in [6.07, 6.45) is 0. The molecule has 2 aromatic carbocycles. The summed E-state index contributed by atoms with van der Waals surface area (Å²) in [4.78, 5) is 38.0. The number of benzene rings is 2. The van der Waals surface area contributed by atoms with Gasteiger partial charge < -0.3 is 5.32 Å². The van der Waals surface area contributed by atoms with E-state index < -0.39 is 34.3 Å². The summed E-state index contributed by atoms with van der Waals surface area (Å²) in [5.74, 6) is -1.58. The fraction of sp³-hybridized carbons (Fsp3) is 0.250. The van der Waals surface area contributed by atoms with E-state index in [0.717, 1.165) is 4.90 Å². The highest BCUT2D eigenvalue weighted by atomic mass is 32.2. The highest BCUT2D eigenvalue weighted by molar-refractivity contribution is 7.89. The van der Waals surface area contributed by atoms with Crippen LogP contribution in [0.4, 0.5) is 5.69 Å². The summed E-state index contributed by atoms with van der Waals surface area (Å²) in [5, 5.41) is 2.58. The lowest BCUT2D eigenvalue weighted by Gasteiger charge is -2.18. The molecule has 1 N–H and O–H groups in total. The summed E-state index contributed by atoms with van der Waals surface area (Å²) in [6.45, 7) is 3.81. The van der Waals surface area contributed by atoms with Gasteiger partial charge in [0.2, 0.25) is 15.9 Å². The second-order valence-corrected chi connectivity index (χ2v) is 8.34. The number of amides is 3. The number of anilines is 1. The Labute approximate surface area is 169 Å². The molecule has 0 saturated heterocycles. The highest BCUT2D eigenvalue weighted by Crippen LogP contribution is 2.22. The molecule has 0 saturated carbocycles. The summed E-state index contributed by atoms with van der Waals surface area (Å²) < 4.78 is 26.3. The average molecular weight is 415 g/mol. The van der Waals surface area contributed by atoms with Crippen LogP contribution in [0.2, 0.25) is 0 Å². The second-order valence-electron chi connectivity index (χ2n) is 6.40. The lowest BCUT2D eigenvalue weighted by atomic mass is 10.1. The molecule has 0 spiro atoms. The fourth-order valence-electron chi connectivity index (χ4n) is 3.15. The molecule has 8 nitrogen and oxygen atoms in total. The first kappa shape index (κ1) is 20.7. The van der Waals surface area contributed by atoms with Crippen LogP contribution < -0.4 is 5.32 Å². The maximum Gasteiger partial charge on any atom is 0.262 e. The van der Waals surface area contributed by atoms with E-state index in [2.05, 4.69) is 5.32 Å². The minimum Gasteiger partial charge on any atom is -0.325 e. The third kappa shape index (κ3) is 3.92. The monoisotopic (exact) mass is 415 g/mol. The van der Waals surface area contributed by atoms with E-state index in [9.17, 15) is 22.8 Å². The second kappa shape index (κ2) is 8.14. The average Bonchev–Trinajstić information content (AvgIpc) is 2.94. The zero-order chi connectivity index (χ0) is 21.2. The third-order valence-corrected chi connectivity index (χ3v) is 6.73. The van der Waals surface area contributed by atoms with Crippen LogP contribution in [-0.4, -0.2) is 55.0 Å². The summed E-state index contributed by atoms with van der Waals surface area (Å²) in [5.41, 5.74) is 0.914. The normalized spacial score (nSPS) is 13.7. The summed E-state index contributed by atoms with van der Waals surface area (Å²) in [7, 11) is -3.59. The summed E-state index contributed by atoms with van der Waals surface area (Å²) >= 11 is 0. The van der Waals surface area contributed by atoms with Gasteiger partial charge in [-0.1, -0.05) is 26.0 Å². The van der Waals surface area contributed by atoms with Crippen LogP contribution in [-0.2, 0) is 14.8 Å². The number of sulfonamides is 1. The van der Waals surface area contributed by atoms with Gasteiger partial charge in [-0.2, -0.15) is 4.31 Å². The van der Waals surface area contributed by atoms with Gasteiger partial charge in [-0.3, -0.25) is 19.3 Å². The fourth-order valence-corrected chi connectivity index (χ4v) is 4.61. The molecule has 1 heterocycles. The zero-order valence-corrected chi connectivity index (χ0v) is 16.9. The number of carbonyl (C=O) groups is 3. The molecule has 0 atom stereocenters. The minimum atomic E-state index is -3.59. The van der Waals surface area contributed by atoms with Gasteiger partial charge in [-0.15, -0.1) is 0 Å². The number of carbonyl (C=O) groups excluding carboxylic acids is 3. The molecular weight excluding hydrogens is 394 g/mol. The van der Waals surface area contributed by atoms with Crippen LogP contribution in [0.25, 0.3) is 0 Å². The van der Waals surface area contributed by atoms with Crippen LogP contribution in [0.1, 0.15) is 34.6 Å². The number of nitrogens with zero attached hydrogens (tertiary/aromatic N) is 2. The van der Waals surface area contributed by atoms with Crippen LogP contribution in [0, 0.1) is 0 Å². The van der Waals surface area contributed by atoms with Crippen molar-refractivity contribution in [2.45, 2.75) is 18.7 Å². The quantitative estimate of drug-likeness (QED) is 0.696. The van der Waals surface area contributed by atoms with Crippen molar-refractivity contribution in [3.8, 4) is 0 Å². The lowest BCUT2D eigenvalue weighted by Crippen LogP contribution is -2.37. The van der Waals surface area contributed by atoms with Gasteiger partial charge in [-0.05, 0) is 36.4 Å². The lowest BCUT2D eigenvalue weighted by molar-refractivity contribution is -0.116. The first-order chi connectivity index (χ1) is 13.8. The van der Waals surface area contributed by atoms with Crippen molar-refractivity contribution in [3.05, 3.63) is 59.7 Å². The Hall–Kier alpha value is -3.04. The first-order valence-electron chi connectivity index (χ1n) is 9.14. The van der Waals surface area contributed by atoms with Crippen LogP contribution in [0.3, 0.4) is 0 Å². The SMILES string of the molecule is CCN(CC)S(=O)(=O)c1ccc(NC(=O)CN2C(=O)c3ccccc3C2=O)cc1. The van der Waals surface area contributed by atoms with Gasteiger partial charge in [0.15, 0.2) is 0 Å². The number of hydrogen-bond acceptors (Lipinski definition) is 5. The zero-order valence-electron chi connectivity index (χ0n) is 16.1. The molecule has 1 aliphatic heterocycles. The van der Waals surface area contributed by atoms with E-state index in [4.69, 9.17) is 0 Å². The largest absolute Gasteiger partial charge is 0.325 e. The van der Waals surface area contributed by atoms with Crippen molar-refractivity contribution in [2.75, 3.05) is 25.0 Å². The number of fused-ring (bicyclic) bond motifs is 1. The van der Waals surface area contributed by atoms with E-state index in [1.165, 1.54) is 28.6 Å². The summed E-state index contributed by atoms with van der Waals surface area (Å²) in [6, 6.07) is 12.2. The van der Waals surface area contributed by atoms with Gasteiger partial charge in [0.1, 0.15) is 6.54 Å². The van der Waals surface area contributed by atoms with E-state index in [1.807, 2.05) is 0 Å². The number of hydrogen-bond donors (Lipinski definition) is 1. The Balaban J connectivity index is 1.68. The molecular formula is C20H21N3O5S. The van der Waals surface area contributed by atoms with E-state index in [1.54, 1.807) is 38.1 Å². The Kier molecular flexibility index (Phi) is 5.81. The molecule has 0 aromatic heterocycles. The van der Waals surface area contributed by atoms with Gasteiger partial charge in [0, 0.05) is 18.8 Å². The molecule has 9 heteroatoms. The van der Waals surface area contributed by atoms with Crippen molar-refractivity contribution >= 4 is 33.4 Å². The maximum atomic E-state index is 12.5. The Morgan fingerprint density at radius 3 is 1.93 bits per heavy atom. The predicted octanol–water partition coefficient (Wildman–Crippen LogP) is 1.95. The van der Waals surface area contributed by atoms with E-state index in [0.29, 0.717) is 18.8 Å². The van der Waals surface area contributed by atoms with Crippen molar-refractivity contribution < 1.29 is 22.8 Å². The molecule has 2 aromatic rings. The predicted molar refractivity (Wildman–Crippen MR) is 107 cm³/mol. The standard InChI is InChI=1S/C20H21N3O5S/c1-3-22(4-2)29(27,28)15-11-9-14(10-12-15)21-18(24)13-23-19(25)16-7-5-6-8-17(16)20(23)26/h5-12H,3-4,13H2,1-2H3,(H,21,24). The number of nitrogens with one attached hydrogen (secondary N) is 1. The van der Waals surface area contributed by atoms with Gasteiger partial charge in [-0.25, -0.2) is 8.42 Å². The topological polar surface area (TPSA) is 104 Å². The molecule has 0 aliphatic carbocycles. The Morgan fingerprint density at radius 2 is 1.45 bits per heavy atom. The number of imide groups is 1. The maximum absolute atomic E-state index is 12.5. The molecule has 3 amide bonds. The highest BCUT2D eigenvalue weighted by Gasteiger charge is 2.36. The Morgan fingerprint density at radius 1 is 0.931 bits per heavy atom. The van der Waals surface area contributed by atoms with E-state index >= 15 is 0 Å².